The van der Waals surface area contributed by atoms with Crippen molar-refractivity contribution in [3.63, 3.8) is 0 Å². The van der Waals surface area contributed by atoms with Crippen molar-refractivity contribution in [1.82, 2.24) is 15.0 Å². The van der Waals surface area contributed by atoms with Gasteiger partial charge in [0.1, 0.15) is 0 Å². The fourth-order valence-electron chi connectivity index (χ4n) is 1.91. The van der Waals surface area contributed by atoms with Crippen LogP contribution in [-0.4, -0.2) is 15.0 Å². The first-order valence-corrected chi connectivity index (χ1v) is 7.29. The minimum absolute atomic E-state index is 0. The zero-order valence-corrected chi connectivity index (χ0v) is 13.1. The van der Waals surface area contributed by atoms with Crippen LogP contribution in [0.1, 0.15) is 0 Å². The van der Waals surface area contributed by atoms with Gasteiger partial charge in [-0.3, -0.25) is 15.0 Å². The van der Waals surface area contributed by atoms with Crippen LogP contribution in [-0.2, 0) is 19.5 Å². The maximum atomic E-state index is 4.23. The van der Waals surface area contributed by atoms with Gasteiger partial charge in [0.15, 0.2) is 0 Å². The van der Waals surface area contributed by atoms with E-state index in [2.05, 4.69) is 33.2 Å². The number of aromatic nitrogens is 3. The van der Waals surface area contributed by atoms with E-state index < -0.39 is 7.92 Å². The van der Waals surface area contributed by atoms with Gasteiger partial charge >= 0.3 is 0 Å². The molecule has 0 aliphatic rings. The molecule has 0 aliphatic heterocycles. The summed E-state index contributed by atoms with van der Waals surface area (Å²) < 4.78 is 0. The van der Waals surface area contributed by atoms with E-state index in [9.17, 15) is 0 Å². The summed E-state index contributed by atoms with van der Waals surface area (Å²) in [6.45, 7) is 0. The largest absolute Gasteiger partial charge is 0.264 e. The molecule has 0 N–H and O–H groups in total. The number of hydrogen-bond donors (Lipinski definition) is 0. The van der Waals surface area contributed by atoms with E-state index in [1.165, 1.54) is 15.9 Å². The van der Waals surface area contributed by atoms with Gasteiger partial charge in [0.05, 0.1) is 0 Å². The van der Waals surface area contributed by atoms with Crippen molar-refractivity contribution in [3.05, 3.63) is 73.6 Å². The summed E-state index contributed by atoms with van der Waals surface area (Å²) in [5.41, 5.74) is 0. The third-order valence-electron chi connectivity index (χ3n) is 2.71. The second-order valence-electron chi connectivity index (χ2n) is 3.97. The molecule has 3 aromatic rings. The van der Waals surface area contributed by atoms with Crippen molar-refractivity contribution >= 4 is 23.8 Å². The van der Waals surface area contributed by atoms with Crippen molar-refractivity contribution in [2.45, 2.75) is 0 Å². The van der Waals surface area contributed by atoms with Crippen molar-refractivity contribution in [2.24, 2.45) is 0 Å². The number of nitrogens with zero attached hydrogens (tertiary/aromatic N) is 3. The molecule has 3 aromatic heterocycles. The molecule has 0 bridgehead atoms. The first-order valence-electron chi connectivity index (χ1n) is 5.95. The van der Waals surface area contributed by atoms with E-state index in [4.69, 9.17) is 0 Å². The summed E-state index contributed by atoms with van der Waals surface area (Å²) in [5.74, 6) is 0. The number of hydrogen-bond acceptors (Lipinski definition) is 3. The third-order valence-corrected chi connectivity index (χ3v) is 5.06. The Bertz CT molecular complexity index is 541. The average Bonchev–Trinajstić information content (AvgIpc) is 2.51. The number of pyridine rings is 3. The molecule has 1 radical (unpaired) electrons. The Hall–Kier alpha value is -1.50. The molecule has 0 aliphatic carbocycles. The maximum absolute atomic E-state index is 4.23. The Labute approximate surface area is 132 Å². The zero-order chi connectivity index (χ0) is 12.9. The predicted octanol–water partition coefficient (Wildman–Crippen LogP) is 1.63. The molecule has 3 rings (SSSR count). The van der Waals surface area contributed by atoms with Gasteiger partial charge in [-0.2, -0.15) is 0 Å². The predicted molar refractivity (Wildman–Crippen MR) is 78.5 cm³/mol. The van der Waals surface area contributed by atoms with Gasteiger partial charge in [-0.1, -0.05) is 18.2 Å². The summed E-state index contributed by atoms with van der Waals surface area (Å²) in [6, 6.07) is 12.2. The Balaban J connectivity index is 0.00000147. The fourth-order valence-corrected chi connectivity index (χ4v) is 4.05. The van der Waals surface area contributed by atoms with Crippen LogP contribution in [0.4, 0.5) is 0 Å². The standard InChI is InChI=1S/C15H12N3P.Rh/c1-4-13(10-16-7-1)19(14-5-2-8-17-11-14)15-6-3-9-18-12-15;/h1-12H;. The Morgan fingerprint density at radius 1 is 0.600 bits per heavy atom. The van der Waals surface area contributed by atoms with Crippen LogP contribution in [0.15, 0.2) is 73.6 Å². The van der Waals surface area contributed by atoms with Crippen LogP contribution in [0.3, 0.4) is 0 Å². The summed E-state index contributed by atoms with van der Waals surface area (Å²) in [5, 5.41) is 3.62. The van der Waals surface area contributed by atoms with Crippen molar-refractivity contribution in [2.75, 3.05) is 0 Å². The van der Waals surface area contributed by atoms with Crippen LogP contribution in [0.5, 0.6) is 0 Å². The monoisotopic (exact) mass is 368 g/mol. The smallest absolute Gasteiger partial charge is 0.0351 e. The molecule has 0 atom stereocenters. The van der Waals surface area contributed by atoms with Crippen LogP contribution in [0.25, 0.3) is 0 Å². The Morgan fingerprint density at radius 2 is 0.950 bits per heavy atom. The first-order chi connectivity index (χ1) is 9.45. The molecule has 0 fully saturated rings. The molecule has 101 valence electrons. The minimum atomic E-state index is -0.633. The molecule has 0 spiro atoms. The van der Waals surface area contributed by atoms with E-state index in [1.807, 2.05) is 36.8 Å². The summed E-state index contributed by atoms with van der Waals surface area (Å²) in [6.07, 6.45) is 11.2. The minimum Gasteiger partial charge on any atom is -0.264 e. The first kappa shape index (κ1) is 14.9. The Morgan fingerprint density at radius 3 is 1.20 bits per heavy atom. The van der Waals surface area contributed by atoms with Crippen molar-refractivity contribution in [1.29, 1.82) is 0 Å². The van der Waals surface area contributed by atoms with Gasteiger partial charge in [0.2, 0.25) is 0 Å². The molecule has 3 nitrogen and oxygen atoms in total. The van der Waals surface area contributed by atoms with Crippen LogP contribution >= 0.6 is 7.92 Å². The molecular formula is C15H12N3PRh. The quantitative estimate of drug-likeness (QED) is 0.521. The van der Waals surface area contributed by atoms with Gasteiger partial charge in [-0.25, -0.2) is 0 Å². The molecule has 3 heterocycles. The van der Waals surface area contributed by atoms with Crippen molar-refractivity contribution < 1.29 is 19.5 Å². The topological polar surface area (TPSA) is 38.7 Å². The number of rotatable bonds is 3. The van der Waals surface area contributed by atoms with Crippen LogP contribution < -0.4 is 15.9 Å². The maximum Gasteiger partial charge on any atom is 0.0351 e. The van der Waals surface area contributed by atoms with Crippen LogP contribution in [0.2, 0.25) is 0 Å². The van der Waals surface area contributed by atoms with E-state index in [1.54, 1.807) is 18.6 Å². The van der Waals surface area contributed by atoms with E-state index in [-0.39, 0.29) is 19.5 Å². The molecule has 0 saturated carbocycles. The van der Waals surface area contributed by atoms with Crippen LogP contribution in [0, 0.1) is 0 Å². The molecule has 0 unspecified atom stereocenters. The molecular weight excluding hydrogens is 356 g/mol. The average molecular weight is 368 g/mol. The van der Waals surface area contributed by atoms with E-state index in [0.29, 0.717) is 0 Å². The molecule has 0 saturated heterocycles. The molecule has 0 aromatic carbocycles. The summed E-state index contributed by atoms with van der Waals surface area (Å²) in [4.78, 5) is 12.7. The fraction of sp³-hybridized carbons (Fsp3) is 0. The SMILES string of the molecule is [Rh].c1cncc(P(c2cccnc2)c2cccnc2)c1. The van der Waals surface area contributed by atoms with Crippen molar-refractivity contribution in [3.8, 4) is 0 Å². The molecule has 5 heteroatoms. The third kappa shape index (κ3) is 3.33. The molecule has 20 heavy (non-hydrogen) atoms. The zero-order valence-electron chi connectivity index (χ0n) is 10.6. The second kappa shape index (κ2) is 7.33. The molecule has 0 amide bonds. The van der Waals surface area contributed by atoms with Gasteiger partial charge in [0.25, 0.3) is 0 Å². The van der Waals surface area contributed by atoms with Gasteiger partial charge < -0.3 is 0 Å². The van der Waals surface area contributed by atoms with Gasteiger partial charge in [-0.05, 0) is 26.1 Å². The Kier molecular flexibility index (Phi) is 5.46. The van der Waals surface area contributed by atoms with Gasteiger partial charge in [0, 0.05) is 72.6 Å². The second-order valence-corrected chi connectivity index (χ2v) is 6.19. The van der Waals surface area contributed by atoms with E-state index in [0.717, 1.165) is 0 Å². The summed E-state index contributed by atoms with van der Waals surface area (Å²) in [7, 11) is -0.633. The van der Waals surface area contributed by atoms with Gasteiger partial charge in [-0.15, -0.1) is 0 Å². The summed E-state index contributed by atoms with van der Waals surface area (Å²) >= 11 is 0. The normalized spacial score (nSPS) is 10.1. The van der Waals surface area contributed by atoms with E-state index >= 15 is 0 Å².